The minimum atomic E-state index is -1.45. The number of hydrogen-bond acceptors (Lipinski definition) is 5. The Morgan fingerprint density at radius 1 is 0.971 bits per heavy atom. The van der Waals surface area contributed by atoms with Gasteiger partial charge in [-0.3, -0.25) is 14.3 Å². The van der Waals surface area contributed by atoms with E-state index in [1.54, 1.807) is 43.4 Å². The molecule has 0 aliphatic carbocycles. The zero-order valence-corrected chi connectivity index (χ0v) is 21.8. The van der Waals surface area contributed by atoms with E-state index in [0.717, 1.165) is 11.4 Å². The number of halogens is 2. The van der Waals surface area contributed by atoms with Crippen LogP contribution in [0.1, 0.15) is 35.6 Å². The highest BCUT2D eigenvalue weighted by atomic mass is 35.5. The summed E-state index contributed by atoms with van der Waals surface area (Å²) in [6, 6.07) is 13.3. The third kappa shape index (κ3) is 9.46. The highest BCUT2D eigenvalue weighted by Crippen LogP contribution is 2.20. The molecule has 0 radical (unpaired) electrons. The Morgan fingerprint density at radius 2 is 1.56 bits per heavy atom. The number of aromatic nitrogens is 2. The lowest BCUT2D eigenvalue weighted by Gasteiger charge is -2.07. The predicted molar refractivity (Wildman–Crippen MR) is 139 cm³/mol. The van der Waals surface area contributed by atoms with Crippen molar-refractivity contribution in [1.82, 2.24) is 15.3 Å². The first-order valence-corrected chi connectivity index (χ1v) is 12.1. The first kappa shape index (κ1) is 29.0. The van der Waals surface area contributed by atoms with Gasteiger partial charge in [0.1, 0.15) is 0 Å². The molecular weight excluding hydrogens is 497 g/mol. The van der Waals surface area contributed by atoms with E-state index in [-0.39, 0.29) is 5.91 Å². The molecule has 0 aliphatic heterocycles. The number of nitrogens with one attached hydrogen (secondary N) is 3. The molecule has 0 saturated heterocycles. The normalized spacial score (nSPS) is 10.4. The first-order chi connectivity index (χ1) is 16.2. The van der Waals surface area contributed by atoms with Crippen LogP contribution in [0.15, 0.2) is 53.4 Å². The minimum absolute atomic E-state index is 0.211. The molecule has 3 N–H and O–H groups in total. The number of benzene rings is 2. The van der Waals surface area contributed by atoms with E-state index in [1.165, 1.54) is 6.07 Å². The van der Waals surface area contributed by atoms with E-state index in [2.05, 4.69) is 25.3 Å². The van der Waals surface area contributed by atoms with Gasteiger partial charge in [0.2, 0.25) is 12.4 Å². The average Bonchev–Trinajstić information content (AvgIpc) is 2.80. The topological polar surface area (TPSA) is 113 Å². The van der Waals surface area contributed by atoms with Crippen molar-refractivity contribution in [3.8, 4) is 0 Å². The number of aryl methyl sites for hydroxylation is 2. The number of anilines is 2. The van der Waals surface area contributed by atoms with Crippen molar-refractivity contribution in [1.29, 1.82) is 0 Å². The summed E-state index contributed by atoms with van der Waals surface area (Å²) in [5.74, 6) is 0.118. The lowest BCUT2D eigenvalue weighted by Crippen LogP contribution is -2.17. The van der Waals surface area contributed by atoms with Crippen LogP contribution < -0.4 is 15.4 Å². The molecule has 3 aromatic rings. The molecule has 11 heteroatoms. The van der Waals surface area contributed by atoms with Crippen LogP contribution in [-0.4, -0.2) is 33.5 Å². The summed E-state index contributed by atoms with van der Waals surface area (Å²) in [6.07, 6.45) is 0.591. The molecule has 0 spiro atoms. The maximum Gasteiger partial charge on any atom is 0.252 e. The number of carbonyl (C=O) groups is 2. The molecule has 1 aromatic heterocycles. The second-order valence-electron chi connectivity index (χ2n) is 6.33. The Labute approximate surface area is 212 Å². The largest absolute Gasteiger partial charge is 0.355 e. The molecule has 2 amide bonds. The third-order valence-corrected chi connectivity index (χ3v) is 5.48. The molecule has 0 aliphatic rings. The zero-order valence-electron chi connectivity index (χ0n) is 19.5. The van der Waals surface area contributed by atoms with Crippen molar-refractivity contribution in [3.63, 3.8) is 0 Å². The minimum Gasteiger partial charge on any atom is -0.355 e. The lowest BCUT2D eigenvalue weighted by molar-refractivity contribution is -0.105. The molecule has 2 aromatic carbocycles. The van der Waals surface area contributed by atoms with Gasteiger partial charge < -0.3 is 10.6 Å². The van der Waals surface area contributed by atoms with Crippen molar-refractivity contribution in [2.24, 2.45) is 0 Å². The molecule has 0 saturated carbocycles. The fourth-order valence-corrected chi connectivity index (χ4v) is 3.72. The van der Waals surface area contributed by atoms with Gasteiger partial charge in [0.25, 0.3) is 5.91 Å². The first-order valence-electron chi connectivity index (χ1n) is 10.2. The zero-order chi connectivity index (χ0) is 25.7. The second kappa shape index (κ2) is 15.0. The summed E-state index contributed by atoms with van der Waals surface area (Å²) < 4.78 is 14.9. The number of amides is 2. The van der Waals surface area contributed by atoms with Crippen LogP contribution >= 0.6 is 23.2 Å². The molecule has 0 bridgehead atoms. The van der Waals surface area contributed by atoms with Gasteiger partial charge >= 0.3 is 0 Å². The maximum atomic E-state index is 12.1. The van der Waals surface area contributed by atoms with Gasteiger partial charge in [-0.1, -0.05) is 37.0 Å². The number of carbonyl (C=O) groups excluding carboxylic acids is 2. The Morgan fingerprint density at radius 3 is 2.06 bits per heavy atom. The molecule has 0 fully saturated rings. The highest BCUT2D eigenvalue weighted by molar-refractivity contribution is 7.86. The van der Waals surface area contributed by atoms with Crippen molar-refractivity contribution >= 4 is 58.1 Å². The third-order valence-electron chi connectivity index (χ3n) is 3.86. The van der Waals surface area contributed by atoms with Crippen LogP contribution in [0.2, 0.25) is 10.0 Å². The molecule has 34 heavy (non-hydrogen) atoms. The van der Waals surface area contributed by atoms with Crippen LogP contribution in [-0.2, 0) is 15.8 Å². The standard InChI is InChI=1S/C13H14N4O2S.C8H7Cl2NO.C2H6/c1-9-7-10(2)16-13(15-9)17-20(19)12-5-3-11(4-6-12)14-8-18;1-11-8(12)6-3-2-5(9)4-7(6)10;1-2/h3-8H,1-2H3,(H,14,18)(H,15,16,17);2-4H,1H3,(H,11,12);1-2H3. The fraction of sp³-hybridized carbons (Fsp3) is 0.217. The Bertz CT molecular complexity index is 1110. The van der Waals surface area contributed by atoms with E-state index in [9.17, 15) is 13.8 Å². The Hall–Kier alpha value is -3.01. The van der Waals surface area contributed by atoms with E-state index < -0.39 is 11.0 Å². The molecule has 1 unspecified atom stereocenters. The van der Waals surface area contributed by atoms with E-state index >= 15 is 0 Å². The SMILES string of the molecule is CC.CNC(=O)c1ccc(Cl)cc1Cl.Cc1cc(C)nc(NS(=O)c2ccc(NC=O)cc2)n1. The summed E-state index contributed by atoms with van der Waals surface area (Å²) in [5.41, 5.74) is 2.69. The molecule has 1 heterocycles. The summed E-state index contributed by atoms with van der Waals surface area (Å²) in [4.78, 5) is 30.3. The molecule has 8 nitrogen and oxygen atoms in total. The van der Waals surface area contributed by atoms with Crippen LogP contribution in [0.25, 0.3) is 0 Å². The number of hydrogen-bond donors (Lipinski definition) is 3. The van der Waals surface area contributed by atoms with E-state index in [1.807, 2.05) is 33.8 Å². The average molecular weight is 524 g/mol. The lowest BCUT2D eigenvalue weighted by atomic mass is 10.2. The summed E-state index contributed by atoms with van der Waals surface area (Å²) >= 11 is 11.4. The van der Waals surface area contributed by atoms with Crippen molar-refractivity contribution in [3.05, 3.63) is 75.5 Å². The quantitative estimate of drug-likeness (QED) is 0.385. The van der Waals surface area contributed by atoms with Crippen LogP contribution in [0, 0.1) is 13.8 Å². The van der Waals surface area contributed by atoms with E-state index in [0.29, 0.717) is 38.6 Å². The van der Waals surface area contributed by atoms with Gasteiger partial charge in [-0.05, 0) is 62.4 Å². The maximum absolute atomic E-state index is 12.1. The highest BCUT2D eigenvalue weighted by Gasteiger charge is 2.08. The van der Waals surface area contributed by atoms with Gasteiger partial charge in [-0.2, -0.15) is 0 Å². The van der Waals surface area contributed by atoms with Gasteiger partial charge in [0, 0.05) is 29.1 Å². The fourth-order valence-electron chi connectivity index (χ4n) is 2.46. The van der Waals surface area contributed by atoms with Crippen LogP contribution in [0.3, 0.4) is 0 Å². The Kier molecular flexibility index (Phi) is 12.8. The van der Waals surface area contributed by atoms with Crippen molar-refractivity contribution < 1.29 is 13.8 Å². The van der Waals surface area contributed by atoms with Gasteiger partial charge in [-0.25, -0.2) is 14.2 Å². The monoisotopic (exact) mass is 523 g/mol. The number of rotatable bonds is 6. The predicted octanol–water partition coefficient (Wildman–Crippen LogP) is 5.18. The molecule has 3 rings (SSSR count). The summed E-state index contributed by atoms with van der Waals surface area (Å²) in [7, 11) is 0.0946. The van der Waals surface area contributed by atoms with E-state index in [4.69, 9.17) is 23.2 Å². The van der Waals surface area contributed by atoms with Crippen LogP contribution in [0.5, 0.6) is 0 Å². The molecule has 182 valence electrons. The van der Waals surface area contributed by atoms with Gasteiger partial charge in [0.15, 0.2) is 11.0 Å². The van der Waals surface area contributed by atoms with Crippen LogP contribution in [0.4, 0.5) is 11.6 Å². The van der Waals surface area contributed by atoms with Gasteiger partial charge in [0.05, 0.1) is 15.5 Å². The number of nitrogens with zero attached hydrogens (tertiary/aromatic N) is 2. The smallest absolute Gasteiger partial charge is 0.252 e. The van der Waals surface area contributed by atoms with Gasteiger partial charge in [-0.15, -0.1) is 0 Å². The summed E-state index contributed by atoms with van der Waals surface area (Å²) in [5, 5.41) is 5.87. The molecular formula is C23H27Cl2N5O3S. The Balaban J connectivity index is 0.000000353. The molecule has 1 atom stereocenters. The summed E-state index contributed by atoms with van der Waals surface area (Å²) in [6.45, 7) is 7.70. The van der Waals surface area contributed by atoms with Crippen molar-refractivity contribution in [2.45, 2.75) is 32.6 Å². The van der Waals surface area contributed by atoms with Crippen molar-refractivity contribution in [2.75, 3.05) is 17.1 Å². The second-order valence-corrected chi connectivity index (χ2v) is 8.39.